The fourth-order valence-corrected chi connectivity index (χ4v) is 5.97. The number of amides is 2. The average molecular weight is 443 g/mol. The SMILES string of the molecule is CC1CCN(C(=O)Cn2c3c(c4ccccc42)CCN2C(=O)c4ccccc4N(C)C32)CC1. The number of para-hydroxylation sites is 2. The molecule has 0 N–H and O–H groups in total. The molecule has 170 valence electrons. The van der Waals surface area contributed by atoms with Crippen LogP contribution in [0.4, 0.5) is 5.69 Å². The van der Waals surface area contributed by atoms with Crippen molar-refractivity contribution in [2.75, 3.05) is 31.6 Å². The van der Waals surface area contributed by atoms with Crippen molar-refractivity contribution in [1.29, 1.82) is 0 Å². The van der Waals surface area contributed by atoms with E-state index in [-0.39, 0.29) is 18.0 Å². The molecule has 0 spiro atoms. The number of carbonyl (C=O) groups is 2. The van der Waals surface area contributed by atoms with Crippen molar-refractivity contribution in [2.24, 2.45) is 5.92 Å². The standard InChI is InChI=1S/C27H30N4O2/c1-18-11-14-29(15-12-18)24(32)17-31-23-10-6-3-7-19(23)20-13-16-30-26(25(20)31)28(2)22-9-5-4-8-21(22)27(30)33/h3-10,18,26H,11-17H2,1-2H3. The second-order valence-electron chi connectivity index (χ2n) is 9.78. The predicted octanol–water partition coefficient (Wildman–Crippen LogP) is 4.05. The largest absolute Gasteiger partial charge is 0.349 e. The molecule has 0 saturated carbocycles. The van der Waals surface area contributed by atoms with Crippen molar-refractivity contribution >= 4 is 28.4 Å². The zero-order valence-electron chi connectivity index (χ0n) is 19.3. The smallest absolute Gasteiger partial charge is 0.257 e. The highest BCUT2D eigenvalue weighted by molar-refractivity contribution is 6.02. The molecule has 0 bridgehead atoms. The maximum Gasteiger partial charge on any atom is 0.257 e. The number of hydrogen-bond donors (Lipinski definition) is 0. The summed E-state index contributed by atoms with van der Waals surface area (Å²) in [4.78, 5) is 33.1. The van der Waals surface area contributed by atoms with Gasteiger partial charge in [-0.1, -0.05) is 37.3 Å². The van der Waals surface area contributed by atoms with E-state index in [4.69, 9.17) is 0 Å². The molecule has 2 amide bonds. The van der Waals surface area contributed by atoms with Crippen LogP contribution in [0, 0.1) is 5.92 Å². The van der Waals surface area contributed by atoms with Crippen molar-refractivity contribution in [3.63, 3.8) is 0 Å². The first-order valence-electron chi connectivity index (χ1n) is 12.0. The summed E-state index contributed by atoms with van der Waals surface area (Å²) in [6.07, 6.45) is 2.73. The van der Waals surface area contributed by atoms with E-state index >= 15 is 0 Å². The molecule has 33 heavy (non-hydrogen) atoms. The van der Waals surface area contributed by atoms with Gasteiger partial charge in [0, 0.05) is 37.6 Å². The number of hydrogen-bond acceptors (Lipinski definition) is 3. The summed E-state index contributed by atoms with van der Waals surface area (Å²) in [6.45, 7) is 4.94. The Morgan fingerprint density at radius 1 is 1.00 bits per heavy atom. The van der Waals surface area contributed by atoms with E-state index in [9.17, 15) is 9.59 Å². The van der Waals surface area contributed by atoms with Crippen LogP contribution in [0.1, 0.15) is 47.5 Å². The highest BCUT2D eigenvalue weighted by Crippen LogP contribution is 2.44. The van der Waals surface area contributed by atoms with E-state index in [2.05, 4.69) is 41.6 Å². The molecule has 3 aromatic rings. The van der Waals surface area contributed by atoms with Crippen LogP contribution >= 0.6 is 0 Å². The Balaban J connectivity index is 1.47. The van der Waals surface area contributed by atoms with Crippen LogP contribution in [-0.2, 0) is 17.8 Å². The van der Waals surface area contributed by atoms with Crippen molar-refractivity contribution in [3.05, 3.63) is 65.4 Å². The minimum atomic E-state index is -0.210. The summed E-state index contributed by atoms with van der Waals surface area (Å²) < 4.78 is 2.19. The van der Waals surface area contributed by atoms with Gasteiger partial charge in [-0.05, 0) is 48.9 Å². The van der Waals surface area contributed by atoms with Crippen LogP contribution in [0.3, 0.4) is 0 Å². The lowest BCUT2D eigenvalue weighted by Gasteiger charge is -2.46. The third-order valence-corrected chi connectivity index (χ3v) is 7.83. The first kappa shape index (κ1) is 20.3. The molecule has 2 aromatic carbocycles. The van der Waals surface area contributed by atoms with E-state index in [0.717, 1.165) is 54.8 Å². The number of anilines is 1. The van der Waals surface area contributed by atoms with Gasteiger partial charge in [0.2, 0.25) is 5.91 Å². The second kappa shape index (κ2) is 7.65. The Hall–Kier alpha value is -3.28. The van der Waals surface area contributed by atoms with Crippen LogP contribution in [-0.4, -0.2) is 52.9 Å². The van der Waals surface area contributed by atoms with Gasteiger partial charge in [0.15, 0.2) is 0 Å². The van der Waals surface area contributed by atoms with E-state index in [1.165, 1.54) is 10.9 Å². The lowest BCUT2D eigenvalue weighted by atomic mass is 9.96. The van der Waals surface area contributed by atoms with Crippen LogP contribution in [0.2, 0.25) is 0 Å². The van der Waals surface area contributed by atoms with Gasteiger partial charge in [-0.3, -0.25) is 9.59 Å². The van der Waals surface area contributed by atoms with Gasteiger partial charge >= 0.3 is 0 Å². The second-order valence-corrected chi connectivity index (χ2v) is 9.78. The van der Waals surface area contributed by atoms with Crippen molar-refractivity contribution < 1.29 is 9.59 Å². The molecule has 3 aliphatic rings. The van der Waals surface area contributed by atoms with Gasteiger partial charge in [-0.25, -0.2) is 0 Å². The molecule has 0 aliphatic carbocycles. The third-order valence-electron chi connectivity index (χ3n) is 7.83. The number of nitrogens with zero attached hydrogens (tertiary/aromatic N) is 4. The van der Waals surface area contributed by atoms with Gasteiger partial charge in [-0.2, -0.15) is 0 Å². The van der Waals surface area contributed by atoms with Crippen molar-refractivity contribution in [3.8, 4) is 0 Å². The van der Waals surface area contributed by atoms with Gasteiger partial charge < -0.3 is 19.3 Å². The lowest BCUT2D eigenvalue weighted by Crippen LogP contribution is -2.51. The molecule has 1 atom stereocenters. The number of aromatic nitrogens is 1. The zero-order chi connectivity index (χ0) is 22.7. The van der Waals surface area contributed by atoms with Crippen LogP contribution in [0.15, 0.2) is 48.5 Å². The number of likely N-dealkylation sites (tertiary alicyclic amines) is 1. The summed E-state index contributed by atoms with van der Waals surface area (Å²) in [5, 5.41) is 1.20. The van der Waals surface area contributed by atoms with Crippen LogP contribution in [0.5, 0.6) is 0 Å². The Morgan fingerprint density at radius 3 is 2.55 bits per heavy atom. The fourth-order valence-electron chi connectivity index (χ4n) is 5.97. The Bertz CT molecular complexity index is 1250. The predicted molar refractivity (Wildman–Crippen MR) is 129 cm³/mol. The van der Waals surface area contributed by atoms with E-state index in [1.807, 2.05) is 40.1 Å². The minimum Gasteiger partial charge on any atom is -0.349 e. The Kier molecular flexibility index (Phi) is 4.71. The van der Waals surface area contributed by atoms with Gasteiger partial charge in [0.1, 0.15) is 12.7 Å². The molecular formula is C27H30N4O2. The first-order chi connectivity index (χ1) is 16.0. The highest BCUT2D eigenvalue weighted by Gasteiger charge is 2.43. The monoisotopic (exact) mass is 442 g/mol. The lowest BCUT2D eigenvalue weighted by molar-refractivity contribution is -0.133. The maximum absolute atomic E-state index is 13.4. The van der Waals surface area contributed by atoms with Crippen LogP contribution in [0.25, 0.3) is 10.9 Å². The average Bonchev–Trinajstić information content (AvgIpc) is 3.16. The van der Waals surface area contributed by atoms with E-state index in [0.29, 0.717) is 19.0 Å². The van der Waals surface area contributed by atoms with E-state index in [1.54, 1.807) is 0 Å². The quantitative estimate of drug-likeness (QED) is 0.602. The summed E-state index contributed by atoms with van der Waals surface area (Å²) in [7, 11) is 2.06. The number of benzene rings is 2. The highest BCUT2D eigenvalue weighted by atomic mass is 16.2. The zero-order valence-corrected chi connectivity index (χ0v) is 19.3. The topological polar surface area (TPSA) is 48.8 Å². The normalized spacial score (nSPS) is 20.6. The molecule has 1 unspecified atom stereocenters. The molecule has 3 aliphatic heterocycles. The minimum absolute atomic E-state index is 0.0764. The maximum atomic E-state index is 13.4. The molecular weight excluding hydrogens is 412 g/mol. The Morgan fingerprint density at radius 2 is 1.73 bits per heavy atom. The van der Waals surface area contributed by atoms with Gasteiger partial charge in [0.05, 0.1) is 16.9 Å². The number of piperidine rings is 1. The fraction of sp³-hybridized carbons (Fsp3) is 0.407. The summed E-state index contributed by atoms with van der Waals surface area (Å²) in [5.74, 6) is 0.935. The molecule has 0 radical (unpaired) electrons. The first-order valence-corrected chi connectivity index (χ1v) is 12.0. The Labute approximate surface area is 194 Å². The number of rotatable bonds is 2. The van der Waals surface area contributed by atoms with Crippen LogP contribution < -0.4 is 4.90 Å². The molecule has 1 aromatic heterocycles. The number of fused-ring (bicyclic) bond motifs is 6. The summed E-state index contributed by atoms with van der Waals surface area (Å²) in [6, 6.07) is 16.2. The number of carbonyl (C=O) groups excluding carboxylic acids is 2. The molecule has 1 saturated heterocycles. The summed E-state index contributed by atoms with van der Waals surface area (Å²) in [5.41, 5.74) is 5.14. The van der Waals surface area contributed by atoms with Gasteiger partial charge in [0.25, 0.3) is 5.91 Å². The molecule has 6 heteroatoms. The van der Waals surface area contributed by atoms with E-state index < -0.39 is 0 Å². The molecule has 6 nitrogen and oxygen atoms in total. The molecule has 1 fully saturated rings. The van der Waals surface area contributed by atoms with Crippen molar-refractivity contribution in [1.82, 2.24) is 14.4 Å². The summed E-state index contributed by atoms with van der Waals surface area (Å²) >= 11 is 0. The van der Waals surface area contributed by atoms with Gasteiger partial charge in [-0.15, -0.1) is 0 Å². The molecule has 4 heterocycles. The molecule has 6 rings (SSSR count). The van der Waals surface area contributed by atoms with Crippen molar-refractivity contribution in [2.45, 2.75) is 38.9 Å². The third kappa shape index (κ3) is 3.07.